The molecule has 2 aliphatic rings. The maximum atomic E-state index is 12.9. The Morgan fingerprint density at radius 1 is 1.17 bits per heavy atom. The Morgan fingerprint density at radius 2 is 2.04 bits per heavy atom. The molecule has 4 rings (SSSR count). The van der Waals surface area contributed by atoms with Crippen LogP contribution in [0.1, 0.15) is 17.5 Å². The largest absolute Gasteiger partial charge is 0.356 e. The van der Waals surface area contributed by atoms with Crippen molar-refractivity contribution < 1.29 is 4.79 Å². The third-order valence-corrected chi connectivity index (χ3v) is 4.91. The predicted molar refractivity (Wildman–Crippen MR) is 91.8 cm³/mol. The average Bonchev–Trinajstić information content (AvgIpc) is 3.22. The first-order valence-corrected chi connectivity index (χ1v) is 8.29. The number of fused-ring (bicyclic) bond motifs is 1. The van der Waals surface area contributed by atoms with Gasteiger partial charge in [0, 0.05) is 31.5 Å². The summed E-state index contributed by atoms with van der Waals surface area (Å²) in [6.07, 6.45) is 3.77. The molecular weight excluding hydrogens is 286 g/mol. The van der Waals surface area contributed by atoms with Crippen LogP contribution in [-0.4, -0.2) is 30.5 Å². The first kappa shape index (κ1) is 14.2. The van der Waals surface area contributed by atoms with Crippen LogP contribution in [-0.2, 0) is 11.2 Å². The van der Waals surface area contributed by atoms with Crippen LogP contribution in [0.15, 0.2) is 42.6 Å². The number of rotatable bonds is 2. The van der Waals surface area contributed by atoms with Gasteiger partial charge in [-0.15, -0.1) is 0 Å². The number of carbonyl (C=O) groups excluding carboxylic acids is 1. The number of para-hydroxylation sites is 1. The van der Waals surface area contributed by atoms with Gasteiger partial charge in [-0.2, -0.15) is 0 Å². The third kappa shape index (κ3) is 2.58. The summed E-state index contributed by atoms with van der Waals surface area (Å²) in [5.41, 5.74) is 3.55. The summed E-state index contributed by atoms with van der Waals surface area (Å²) < 4.78 is 0. The first-order valence-electron chi connectivity index (χ1n) is 8.29. The van der Waals surface area contributed by atoms with Gasteiger partial charge in [0.15, 0.2) is 0 Å². The highest BCUT2D eigenvalue weighted by molar-refractivity contribution is 5.97. The molecule has 118 valence electrons. The van der Waals surface area contributed by atoms with Crippen LogP contribution in [0.5, 0.6) is 0 Å². The summed E-state index contributed by atoms with van der Waals surface area (Å²) in [5.74, 6) is 1.32. The van der Waals surface area contributed by atoms with Gasteiger partial charge < -0.3 is 9.80 Å². The topological polar surface area (TPSA) is 36.4 Å². The number of aryl methyl sites for hydroxylation is 1. The van der Waals surface area contributed by atoms with Crippen LogP contribution in [0.2, 0.25) is 0 Å². The lowest BCUT2D eigenvalue weighted by Crippen LogP contribution is -2.36. The fourth-order valence-electron chi connectivity index (χ4n) is 3.60. The number of nitrogens with zero attached hydrogens (tertiary/aromatic N) is 3. The molecule has 4 heteroatoms. The van der Waals surface area contributed by atoms with E-state index in [1.165, 1.54) is 5.56 Å². The van der Waals surface area contributed by atoms with Crippen LogP contribution < -0.4 is 9.80 Å². The minimum Gasteiger partial charge on any atom is -0.356 e. The Kier molecular flexibility index (Phi) is 3.52. The molecule has 3 heterocycles. The van der Waals surface area contributed by atoms with Crippen molar-refractivity contribution in [3.8, 4) is 0 Å². The Morgan fingerprint density at radius 3 is 2.87 bits per heavy atom. The van der Waals surface area contributed by atoms with E-state index in [4.69, 9.17) is 0 Å². The number of hydrogen-bond donors (Lipinski definition) is 0. The van der Waals surface area contributed by atoms with Crippen LogP contribution >= 0.6 is 0 Å². The summed E-state index contributed by atoms with van der Waals surface area (Å²) in [6, 6.07) is 12.4. The molecule has 0 saturated carbocycles. The fourth-order valence-corrected chi connectivity index (χ4v) is 3.60. The molecule has 23 heavy (non-hydrogen) atoms. The smallest absolute Gasteiger partial charge is 0.231 e. The number of benzene rings is 1. The van der Waals surface area contributed by atoms with Gasteiger partial charge in [0.1, 0.15) is 5.82 Å². The van der Waals surface area contributed by atoms with Gasteiger partial charge in [-0.25, -0.2) is 4.98 Å². The van der Waals surface area contributed by atoms with Gasteiger partial charge in [0.2, 0.25) is 5.91 Å². The van der Waals surface area contributed by atoms with Crippen molar-refractivity contribution in [2.75, 3.05) is 29.4 Å². The Labute approximate surface area is 136 Å². The molecule has 0 spiro atoms. The molecule has 1 fully saturated rings. The van der Waals surface area contributed by atoms with E-state index in [9.17, 15) is 4.79 Å². The monoisotopic (exact) mass is 307 g/mol. The van der Waals surface area contributed by atoms with Gasteiger partial charge in [0.25, 0.3) is 0 Å². The van der Waals surface area contributed by atoms with Crippen molar-refractivity contribution in [2.24, 2.45) is 5.92 Å². The van der Waals surface area contributed by atoms with Crippen molar-refractivity contribution in [1.29, 1.82) is 0 Å². The highest BCUT2D eigenvalue weighted by Gasteiger charge is 2.34. The molecule has 1 unspecified atom stereocenters. The van der Waals surface area contributed by atoms with E-state index in [-0.39, 0.29) is 11.8 Å². The standard InChI is InChI=1S/C19H21N3O/c1-14-6-7-18(20-12-14)21-10-8-16(13-21)19(23)22-11-9-15-4-2-3-5-17(15)22/h2-7,12,16H,8-11,13H2,1H3. The summed E-state index contributed by atoms with van der Waals surface area (Å²) in [4.78, 5) is 21.6. The Balaban J connectivity index is 1.48. The second kappa shape index (κ2) is 5.69. The Bertz CT molecular complexity index is 726. The van der Waals surface area contributed by atoms with E-state index in [1.54, 1.807) is 0 Å². The molecule has 2 aromatic rings. The summed E-state index contributed by atoms with van der Waals surface area (Å²) in [6.45, 7) is 4.53. The lowest BCUT2D eigenvalue weighted by molar-refractivity contribution is -0.121. The maximum Gasteiger partial charge on any atom is 0.231 e. The number of carbonyl (C=O) groups is 1. The molecular formula is C19H21N3O. The fraction of sp³-hybridized carbons (Fsp3) is 0.368. The first-order chi connectivity index (χ1) is 11.2. The van der Waals surface area contributed by atoms with Crippen molar-refractivity contribution in [3.63, 3.8) is 0 Å². The van der Waals surface area contributed by atoms with Crippen molar-refractivity contribution in [1.82, 2.24) is 4.98 Å². The second-order valence-corrected chi connectivity index (χ2v) is 6.49. The van der Waals surface area contributed by atoms with Crippen LogP contribution in [0.25, 0.3) is 0 Å². The zero-order chi connectivity index (χ0) is 15.8. The quantitative estimate of drug-likeness (QED) is 0.856. The highest BCUT2D eigenvalue weighted by Crippen LogP contribution is 2.31. The summed E-state index contributed by atoms with van der Waals surface area (Å²) >= 11 is 0. The normalized spacial score (nSPS) is 20.0. The van der Waals surface area contributed by atoms with Crippen molar-refractivity contribution in [3.05, 3.63) is 53.7 Å². The van der Waals surface area contributed by atoms with Crippen LogP contribution in [0.4, 0.5) is 11.5 Å². The molecule has 1 saturated heterocycles. The summed E-state index contributed by atoms with van der Waals surface area (Å²) in [7, 11) is 0. The van der Waals surface area contributed by atoms with Gasteiger partial charge in [0.05, 0.1) is 5.92 Å². The van der Waals surface area contributed by atoms with Crippen molar-refractivity contribution in [2.45, 2.75) is 19.8 Å². The third-order valence-electron chi connectivity index (χ3n) is 4.91. The van der Waals surface area contributed by atoms with Gasteiger partial charge >= 0.3 is 0 Å². The van der Waals surface area contributed by atoms with Gasteiger partial charge in [-0.1, -0.05) is 24.3 Å². The minimum absolute atomic E-state index is 0.0734. The number of amides is 1. The Hall–Kier alpha value is -2.36. The molecule has 0 aliphatic carbocycles. The van der Waals surface area contributed by atoms with E-state index in [0.29, 0.717) is 0 Å². The molecule has 1 aromatic heterocycles. The van der Waals surface area contributed by atoms with Crippen molar-refractivity contribution >= 4 is 17.4 Å². The molecule has 0 bridgehead atoms. The van der Waals surface area contributed by atoms with Gasteiger partial charge in [-0.05, 0) is 43.0 Å². The zero-order valence-electron chi connectivity index (χ0n) is 13.4. The number of aromatic nitrogens is 1. The second-order valence-electron chi connectivity index (χ2n) is 6.49. The highest BCUT2D eigenvalue weighted by atomic mass is 16.2. The van der Waals surface area contributed by atoms with E-state index < -0.39 is 0 Å². The molecule has 2 aliphatic heterocycles. The molecule has 1 amide bonds. The van der Waals surface area contributed by atoms with E-state index >= 15 is 0 Å². The SMILES string of the molecule is Cc1ccc(N2CCC(C(=O)N3CCc4ccccc43)C2)nc1. The van der Waals surface area contributed by atoms with E-state index in [1.807, 2.05) is 36.2 Å². The molecule has 0 radical (unpaired) electrons. The predicted octanol–water partition coefficient (Wildman–Crippen LogP) is 2.81. The van der Waals surface area contributed by atoms with E-state index in [0.717, 1.165) is 49.5 Å². The molecule has 1 aromatic carbocycles. The lowest BCUT2D eigenvalue weighted by atomic mass is 10.1. The molecule has 4 nitrogen and oxygen atoms in total. The van der Waals surface area contributed by atoms with Gasteiger partial charge in [-0.3, -0.25) is 4.79 Å². The molecule has 1 atom stereocenters. The average molecular weight is 307 g/mol. The summed E-state index contributed by atoms with van der Waals surface area (Å²) in [5, 5.41) is 0. The number of hydrogen-bond acceptors (Lipinski definition) is 3. The maximum absolute atomic E-state index is 12.9. The van der Waals surface area contributed by atoms with E-state index in [2.05, 4.69) is 28.1 Å². The van der Waals surface area contributed by atoms with Crippen LogP contribution in [0.3, 0.4) is 0 Å². The zero-order valence-corrected chi connectivity index (χ0v) is 13.4. The molecule has 0 N–H and O–H groups in total. The number of anilines is 2. The number of pyridine rings is 1. The minimum atomic E-state index is 0.0734. The lowest BCUT2D eigenvalue weighted by Gasteiger charge is -2.22. The van der Waals surface area contributed by atoms with Crippen LogP contribution in [0, 0.1) is 12.8 Å².